The van der Waals surface area contributed by atoms with Crippen molar-refractivity contribution in [2.24, 2.45) is 0 Å². The number of hydrogen-bond donors (Lipinski definition) is 1. The Morgan fingerprint density at radius 3 is 2.79 bits per heavy atom. The fourth-order valence-electron chi connectivity index (χ4n) is 1.89. The summed E-state index contributed by atoms with van der Waals surface area (Å²) in [5.41, 5.74) is 1.00. The van der Waals surface area contributed by atoms with Crippen molar-refractivity contribution in [3.05, 3.63) is 27.8 Å². The molecule has 0 bridgehead atoms. The topological polar surface area (TPSA) is 63.8 Å². The summed E-state index contributed by atoms with van der Waals surface area (Å²) in [7, 11) is 0. The fourth-order valence-corrected chi connectivity index (χ4v) is 2.50. The average molecular weight is 280 g/mol. The zero-order chi connectivity index (χ0) is 13.8. The normalized spacial score (nSPS) is 14.5. The van der Waals surface area contributed by atoms with Crippen molar-refractivity contribution in [2.75, 3.05) is 6.54 Å². The number of aromatic nitrogens is 3. The summed E-state index contributed by atoms with van der Waals surface area (Å²) in [6, 6.07) is 0.319. The molecule has 6 heteroatoms. The third kappa shape index (κ3) is 3.61. The van der Waals surface area contributed by atoms with Crippen LogP contribution in [0.5, 0.6) is 0 Å². The number of nitrogens with one attached hydrogen (secondary N) is 1. The zero-order valence-corrected chi connectivity index (χ0v) is 12.6. The lowest BCUT2D eigenvalue weighted by Gasteiger charge is -2.16. The van der Waals surface area contributed by atoms with E-state index in [1.165, 1.54) is 0 Å². The monoisotopic (exact) mass is 280 g/mol. The molecule has 0 spiro atoms. The molecule has 2 heterocycles. The number of aryl methyl sites for hydroxylation is 1. The van der Waals surface area contributed by atoms with Crippen molar-refractivity contribution in [1.29, 1.82) is 0 Å². The van der Waals surface area contributed by atoms with Gasteiger partial charge >= 0.3 is 0 Å². The molecule has 2 rings (SSSR count). The van der Waals surface area contributed by atoms with Crippen LogP contribution < -0.4 is 5.32 Å². The molecule has 5 nitrogen and oxygen atoms in total. The van der Waals surface area contributed by atoms with Crippen molar-refractivity contribution in [1.82, 2.24) is 20.4 Å². The van der Waals surface area contributed by atoms with Crippen LogP contribution in [-0.2, 0) is 6.42 Å². The first-order valence-electron chi connectivity index (χ1n) is 6.57. The predicted octanol–water partition coefficient (Wildman–Crippen LogP) is 2.53. The number of rotatable bonds is 6. The summed E-state index contributed by atoms with van der Waals surface area (Å²) < 4.78 is 5.35. The highest BCUT2D eigenvalue weighted by Crippen LogP contribution is 2.18. The Balaban J connectivity index is 2.02. The van der Waals surface area contributed by atoms with E-state index in [2.05, 4.69) is 41.2 Å². The van der Waals surface area contributed by atoms with E-state index in [1.807, 2.05) is 12.3 Å². The second kappa shape index (κ2) is 6.25. The number of hydrogen-bond acceptors (Lipinski definition) is 6. The van der Waals surface area contributed by atoms with E-state index in [-0.39, 0.29) is 5.92 Å². The zero-order valence-electron chi connectivity index (χ0n) is 11.8. The summed E-state index contributed by atoms with van der Waals surface area (Å²) in [5.74, 6) is 1.60. The largest absolute Gasteiger partial charge is 0.339 e. The van der Waals surface area contributed by atoms with Crippen molar-refractivity contribution in [2.45, 2.75) is 46.1 Å². The summed E-state index contributed by atoms with van der Waals surface area (Å²) in [5, 5.41) is 10.5. The maximum Gasteiger partial charge on any atom is 0.231 e. The van der Waals surface area contributed by atoms with Gasteiger partial charge in [0.25, 0.3) is 0 Å². The van der Waals surface area contributed by atoms with Gasteiger partial charge in [-0.25, -0.2) is 4.98 Å². The summed E-state index contributed by atoms with van der Waals surface area (Å²) in [6.07, 6.45) is 0.635. The third-order valence-electron chi connectivity index (χ3n) is 3.16. The maximum absolute atomic E-state index is 5.35. The van der Waals surface area contributed by atoms with Crippen LogP contribution in [-0.4, -0.2) is 27.7 Å². The molecule has 104 valence electrons. The van der Waals surface area contributed by atoms with Gasteiger partial charge in [-0.05, 0) is 20.4 Å². The van der Waals surface area contributed by atoms with E-state index in [0.29, 0.717) is 24.2 Å². The lowest BCUT2D eigenvalue weighted by atomic mass is 10.0. The van der Waals surface area contributed by atoms with E-state index in [4.69, 9.17) is 4.52 Å². The van der Waals surface area contributed by atoms with Crippen LogP contribution in [0.25, 0.3) is 0 Å². The first-order chi connectivity index (χ1) is 9.10. The van der Waals surface area contributed by atoms with Gasteiger partial charge in [0, 0.05) is 11.4 Å². The quantitative estimate of drug-likeness (QED) is 0.881. The summed E-state index contributed by atoms with van der Waals surface area (Å²) in [6.45, 7) is 9.24. The van der Waals surface area contributed by atoms with E-state index in [0.717, 1.165) is 17.2 Å². The minimum atomic E-state index is 0.207. The van der Waals surface area contributed by atoms with Gasteiger partial charge in [-0.1, -0.05) is 19.0 Å². The predicted molar refractivity (Wildman–Crippen MR) is 75.5 cm³/mol. The number of likely N-dealkylation sites (N-methyl/N-ethyl adjacent to an activating group) is 1. The van der Waals surface area contributed by atoms with Crippen molar-refractivity contribution < 1.29 is 4.52 Å². The third-order valence-corrected chi connectivity index (χ3v) is 3.98. The first kappa shape index (κ1) is 14.1. The highest BCUT2D eigenvalue weighted by atomic mass is 32.1. The Labute approximate surface area is 117 Å². The van der Waals surface area contributed by atoms with Crippen LogP contribution in [0.3, 0.4) is 0 Å². The van der Waals surface area contributed by atoms with E-state index < -0.39 is 0 Å². The van der Waals surface area contributed by atoms with Crippen molar-refractivity contribution in [3.63, 3.8) is 0 Å². The second-order valence-corrected chi connectivity index (χ2v) is 5.78. The number of thiazole rings is 1. The van der Waals surface area contributed by atoms with Gasteiger partial charge in [-0.15, -0.1) is 11.3 Å². The summed E-state index contributed by atoms with van der Waals surface area (Å²) >= 11 is 1.64. The minimum absolute atomic E-state index is 0.207. The molecule has 2 aromatic rings. The Morgan fingerprint density at radius 2 is 2.16 bits per heavy atom. The molecule has 0 fully saturated rings. The molecule has 0 aliphatic rings. The molecule has 2 unspecified atom stereocenters. The molecule has 0 radical (unpaired) electrons. The molecule has 2 aromatic heterocycles. The highest BCUT2D eigenvalue weighted by Gasteiger charge is 2.20. The Kier molecular flexibility index (Phi) is 4.66. The van der Waals surface area contributed by atoms with Gasteiger partial charge in [0.1, 0.15) is 0 Å². The molecule has 0 aliphatic carbocycles. The van der Waals surface area contributed by atoms with Crippen molar-refractivity contribution in [3.8, 4) is 0 Å². The van der Waals surface area contributed by atoms with Gasteiger partial charge in [0.05, 0.1) is 23.0 Å². The van der Waals surface area contributed by atoms with Gasteiger partial charge in [-0.2, -0.15) is 4.98 Å². The van der Waals surface area contributed by atoms with E-state index in [9.17, 15) is 0 Å². The SMILES string of the molecule is CCNC(C)C(C)c1nc(Cc2csc(C)n2)no1. The fraction of sp³-hybridized carbons (Fsp3) is 0.615. The van der Waals surface area contributed by atoms with Crippen molar-refractivity contribution >= 4 is 11.3 Å². The number of nitrogens with zero attached hydrogens (tertiary/aromatic N) is 3. The Hall–Kier alpha value is -1.27. The molecule has 1 N–H and O–H groups in total. The average Bonchev–Trinajstić information content (AvgIpc) is 2.99. The van der Waals surface area contributed by atoms with Crippen LogP contribution >= 0.6 is 11.3 Å². The highest BCUT2D eigenvalue weighted by molar-refractivity contribution is 7.09. The lowest BCUT2D eigenvalue weighted by Crippen LogP contribution is -2.30. The molecule has 0 saturated carbocycles. The molecule has 0 aromatic carbocycles. The lowest BCUT2D eigenvalue weighted by molar-refractivity contribution is 0.330. The van der Waals surface area contributed by atoms with Gasteiger partial charge in [0.15, 0.2) is 5.82 Å². The van der Waals surface area contributed by atoms with Gasteiger partial charge in [-0.3, -0.25) is 0 Å². The molecular weight excluding hydrogens is 260 g/mol. The van der Waals surface area contributed by atoms with Gasteiger partial charge in [0.2, 0.25) is 5.89 Å². The molecule has 0 saturated heterocycles. The van der Waals surface area contributed by atoms with Crippen LogP contribution in [0.1, 0.15) is 49.1 Å². The molecular formula is C13H20N4OS. The molecule has 0 amide bonds. The smallest absolute Gasteiger partial charge is 0.231 e. The van der Waals surface area contributed by atoms with E-state index >= 15 is 0 Å². The molecule has 19 heavy (non-hydrogen) atoms. The Morgan fingerprint density at radius 1 is 1.37 bits per heavy atom. The van der Waals surface area contributed by atoms with Gasteiger partial charge < -0.3 is 9.84 Å². The maximum atomic E-state index is 5.35. The molecule has 2 atom stereocenters. The van der Waals surface area contributed by atoms with E-state index in [1.54, 1.807) is 11.3 Å². The standard InChI is InChI=1S/C13H20N4OS/c1-5-14-9(3)8(2)13-16-12(17-18-13)6-11-7-19-10(4)15-11/h7-9,14H,5-6H2,1-4H3. The van der Waals surface area contributed by atoms with Crippen LogP contribution in [0.15, 0.2) is 9.90 Å². The minimum Gasteiger partial charge on any atom is -0.339 e. The first-order valence-corrected chi connectivity index (χ1v) is 7.45. The van der Waals surface area contributed by atoms with Crippen LogP contribution in [0, 0.1) is 6.92 Å². The second-order valence-electron chi connectivity index (χ2n) is 4.72. The van der Waals surface area contributed by atoms with Crippen LogP contribution in [0.2, 0.25) is 0 Å². The Bertz CT molecular complexity index is 522. The van der Waals surface area contributed by atoms with Crippen LogP contribution in [0.4, 0.5) is 0 Å². The molecule has 0 aliphatic heterocycles. The summed E-state index contributed by atoms with van der Waals surface area (Å²) in [4.78, 5) is 8.87.